The number of hydrogen-bond acceptors (Lipinski definition) is 3. The smallest absolute Gasteiger partial charge is 0.399 e. The van der Waals surface area contributed by atoms with Crippen LogP contribution in [0.15, 0.2) is 18.2 Å². The van der Waals surface area contributed by atoms with Crippen molar-refractivity contribution in [1.29, 1.82) is 0 Å². The first-order valence-corrected chi connectivity index (χ1v) is 8.88. The van der Waals surface area contributed by atoms with E-state index in [0.29, 0.717) is 5.92 Å². The van der Waals surface area contributed by atoms with E-state index >= 15 is 0 Å². The fourth-order valence-corrected chi connectivity index (χ4v) is 3.30. The molecule has 2 heterocycles. The van der Waals surface area contributed by atoms with Crippen molar-refractivity contribution in [2.45, 2.75) is 59.2 Å². The van der Waals surface area contributed by atoms with Crippen LogP contribution in [0.1, 0.15) is 57.5 Å². The molecule has 0 spiro atoms. The average Bonchev–Trinajstić information content (AvgIpc) is 2.70. The fourth-order valence-electron chi connectivity index (χ4n) is 3.30. The van der Waals surface area contributed by atoms with Gasteiger partial charge >= 0.3 is 7.12 Å². The molecule has 0 aliphatic carbocycles. The molecule has 1 aromatic rings. The van der Waals surface area contributed by atoms with Crippen LogP contribution >= 0.6 is 0 Å². The SMILES string of the molecule is CC(C)CN1CCc2cc(B3OC(C)(C)C(C)(C)O3)ccc2C1=O. The summed E-state index contributed by atoms with van der Waals surface area (Å²) in [5, 5.41) is 0. The molecule has 1 saturated heterocycles. The van der Waals surface area contributed by atoms with Crippen LogP contribution in [0.3, 0.4) is 0 Å². The van der Waals surface area contributed by atoms with Crippen molar-refractivity contribution in [3.05, 3.63) is 29.3 Å². The predicted octanol–water partition coefficient (Wildman–Crippen LogP) is 2.64. The van der Waals surface area contributed by atoms with Gasteiger partial charge in [-0.15, -0.1) is 0 Å². The Morgan fingerprint density at radius 1 is 1.17 bits per heavy atom. The molecular weight excluding hydrogens is 301 g/mol. The third kappa shape index (κ3) is 3.00. The highest BCUT2D eigenvalue weighted by Crippen LogP contribution is 2.36. The number of nitrogens with zero attached hydrogens (tertiary/aromatic N) is 1. The van der Waals surface area contributed by atoms with E-state index < -0.39 is 0 Å². The van der Waals surface area contributed by atoms with Crippen molar-refractivity contribution in [2.75, 3.05) is 13.1 Å². The molecule has 2 aliphatic rings. The molecule has 3 rings (SSSR count). The summed E-state index contributed by atoms with van der Waals surface area (Å²) in [6.45, 7) is 14.1. The lowest BCUT2D eigenvalue weighted by molar-refractivity contribution is 0.00578. The summed E-state index contributed by atoms with van der Waals surface area (Å²) in [5.41, 5.74) is 2.22. The van der Waals surface area contributed by atoms with Gasteiger partial charge in [-0.2, -0.15) is 0 Å². The van der Waals surface area contributed by atoms with E-state index in [1.165, 1.54) is 0 Å². The van der Waals surface area contributed by atoms with Gasteiger partial charge in [0.25, 0.3) is 5.91 Å². The van der Waals surface area contributed by atoms with Crippen molar-refractivity contribution in [3.8, 4) is 0 Å². The van der Waals surface area contributed by atoms with Gasteiger partial charge in [-0.1, -0.05) is 26.0 Å². The highest BCUT2D eigenvalue weighted by molar-refractivity contribution is 6.62. The third-order valence-corrected chi connectivity index (χ3v) is 5.41. The molecule has 5 heteroatoms. The number of carbonyl (C=O) groups excluding carboxylic acids is 1. The van der Waals surface area contributed by atoms with Crippen molar-refractivity contribution in [3.63, 3.8) is 0 Å². The van der Waals surface area contributed by atoms with Crippen LogP contribution in [0.4, 0.5) is 0 Å². The van der Waals surface area contributed by atoms with Gasteiger partial charge in [0.1, 0.15) is 0 Å². The predicted molar refractivity (Wildman–Crippen MR) is 96.6 cm³/mol. The van der Waals surface area contributed by atoms with E-state index in [1.54, 1.807) is 0 Å². The Kier molecular flexibility index (Phi) is 4.29. The van der Waals surface area contributed by atoms with Crippen LogP contribution in [-0.2, 0) is 15.7 Å². The van der Waals surface area contributed by atoms with Crippen LogP contribution in [0.25, 0.3) is 0 Å². The van der Waals surface area contributed by atoms with Crippen molar-refractivity contribution < 1.29 is 14.1 Å². The first-order chi connectivity index (χ1) is 11.1. The monoisotopic (exact) mass is 329 g/mol. The summed E-state index contributed by atoms with van der Waals surface area (Å²) in [6.07, 6.45) is 0.890. The fraction of sp³-hybridized carbons (Fsp3) is 0.632. The lowest BCUT2D eigenvalue weighted by Crippen LogP contribution is -2.41. The molecule has 4 nitrogen and oxygen atoms in total. The largest absolute Gasteiger partial charge is 0.494 e. The molecule has 1 amide bonds. The molecule has 0 N–H and O–H groups in total. The molecule has 0 bridgehead atoms. The Balaban J connectivity index is 1.83. The van der Waals surface area contributed by atoms with E-state index in [9.17, 15) is 4.79 Å². The van der Waals surface area contributed by atoms with Gasteiger partial charge in [-0.25, -0.2) is 0 Å². The second kappa shape index (κ2) is 5.89. The average molecular weight is 329 g/mol. The van der Waals surface area contributed by atoms with E-state index in [4.69, 9.17) is 9.31 Å². The van der Waals surface area contributed by atoms with Gasteiger partial charge in [0.2, 0.25) is 0 Å². The van der Waals surface area contributed by atoms with Gasteiger partial charge in [0.15, 0.2) is 0 Å². The van der Waals surface area contributed by atoms with Crippen molar-refractivity contribution in [1.82, 2.24) is 4.90 Å². The highest BCUT2D eigenvalue weighted by atomic mass is 16.7. The standard InChI is InChI=1S/C19H28BNO3/c1-13(2)12-21-10-9-14-11-15(7-8-16(14)17(21)22)20-23-18(3,4)19(5,6)24-20/h7-8,11,13H,9-10,12H2,1-6H3. The quantitative estimate of drug-likeness (QED) is 0.800. The summed E-state index contributed by atoms with van der Waals surface area (Å²) >= 11 is 0. The maximum absolute atomic E-state index is 12.7. The molecule has 0 radical (unpaired) electrons. The van der Waals surface area contributed by atoms with Gasteiger partial charge in [0.05, 0.1) is 11.2 Å². The molecular formula is C19H28BNO3. The molecule has 0 aromatic heterocycles. The summed E-state index contributed by atoms with van der Waals surface area (Å²) in [7, 11) is -0.371. The molecule has 24 heavy (non-hydrogen) atoms. The number of hydrogen-bond donors (Lipinski definition) is 0. The minimum atomic E-state index is -0.371. The van der Waals surface area contributed by atoms with E-state index in [1.807, 2.05) is 17.0 Å². The Morgan fingerprint density at radius 2 is 1.79 bits per heavy atom. The number of fused-ring (bicyclic) bond motifs is 1. The molecule has 1 fully saturated rings. The lowest BCUT2D eigenvalue weighted by atomic mass is 9.77. The van der Waals surface area contributed by atoms with Gasteiger partial charge in [0, 0.05) is 18.7 Å². The second-order valence-corrected chi connectivity index (χ2v) is 8.40. The van der Waals surface area contributed by atoms with Gasteiger partial charge in [-0.05, 0) is 57.1 Å². The van der Waals surface area contributed by atoms with E-state index in [0.717, 1.165) is 36.1 Å². The number of benzene rings is 1. The summed E-state index contributed by atoms with van der Waals surface area (Å²) in [5.74, 6) is 0.630. The number of rotatable bonds is 3. The van der Waals surface area contributed by atoms with E-state index in [-0.39, 0.29) is 24.2 Å². The van der Waals surface area contributed by atoms with Crippen LogP contribution < -0.4 is 5.46 Å². The maximum atomic E-state index is 12.7. The van der Waals surface area contributed by atoms with Crippen LogP contribution in [-0.4, -0.2) is 42.2 Å². The van der Waals surface area contributed by atoms with E-state index in [2.05, 4.69) is 47.6 Å². The molecule has 1 aromatic carbocycles. The van der Waals surface area contributed by atoms with Crippen LogP contribution in [0.2, 0.25) is 0 Å². The molecule has 0 unspecified atom stereocenters. The Labute approximate surface area is 145 Å². The van der Waals surface area contributed by atoms with Crippen molar-refractivity contribution >= 4 is 18.5 Å². The summed E-state index contributed by atoms with van der Waals surface area (Å²) < 4.78 is 12.2. The highest BCUT2D eigenvalue weighted by Gasteiger charge is 2.51. The second-order valence-electron chi connectivity index (χ2n) is 8.40. The normalized spacial score (nSPS) is 22.2. The Bertz CT molecular complexity index is 638. The van der Waals surface area contributed by atoms with Crippen molar-refractivity contribution in [2.24, 2.45) is 5.92 Å². The first-order valence-electron chi connectivity index (χ1n) is 8.88. The topological polar surface area (TPSA) is 38.8 Å². The summed E-state index contributed by atoms with van der Waals surface area (Å²) in [6, 6.07) is 5.99. The minimum absolute atomic E-state index is 0.144. The number of amides is 1. The van der Waals surface area contributed by atoms with Gasteiger partial charge in [-0.3, -0.25) is 4.79 Å². The first kappa shape index (κ1) is 17.5. The lowest BCUT2D eigenvalue weighted by Gasteiger charge is -2.32. The molecule has 0 saturated carbocycles. The Morgan fingerprint density at radius 3 is 2.38 bits per heavy atom. The molecule has 2 aliphatic heterocycles. The third-order valence-electron chi connectivity index (χ3n) is 5.41. The van der Waals surface area contributed by atoms with Crippen LogP contribution in [0, 0.1) is 5.92 Å². The van der Waals surface area contributed by atoms with Crippen LogP contribution in [0.5, 0.6) is 0 Å². The van der Waals surface area contributed by atoms with Gasteiger partial charge < -0.3 is 14.2 Å². The molecule has 130 valence electrons. The maximum Gasteiger partial charge on any atom is 0.494 e. The summed E-state index contributed by atoms with van der Waals surface area (Å²) in [4.78, 5) is 14.6. The molecule has 0 atom stereocenters. The Hall–Kier alpha value is -1.33. The zero-order chi connectivity index (χ0) is 17.7. The zero-order valence-electron chi connectivity index (χ0n) is 15.7. The number of carbonyl (C=O) groups is 1. The minimum Gasteiger partial charge on any atom is -0.399 e. The zero-order valence-corrected chi connectivity index (χ0v) is 15.7.